The van der Waals surface area contributed by atoms with E-state index in [1.165, 1.54) is 0 Å². The third-order valence-electron chi connectivity index (χ3n) is 4.51. The maximum absolute atomic E-state index is 10.3. The number of hydrogen-bond acceptors (Lipinski definition) is 5. The highest BCUT2D eigenvalue weighted by molar-refractivity contribution is 6.30. The fourth-order valence-electron chi connectivity index (χ4n) is 2.78. The van der Waals surface area contributed by atoms with E-state index in [0.29, 0.717) is 11.4 Å². The van der Waals surface area contributed by atoms with Crippen LogP contribution in [0.5, 0.6) is 5.75 Å². The summed E-state index contributed by atoms with van der Waals surface area (Å²) >= 11 is 6.05. The van der Waals surface area contributed by atoms with Crippen molar-refractivity contribution in [2.75, 3.05) is 0 Å². The van der Waals surface area contributed by atoms with Crippen molar-refractivity contribution >= 4 is 23.5 Å². The average Bonchev–Trinajstić information content (AvgIpc) is 2.79. The molecule has 0 bridgehead atoms. The van der Waals surface area contributed by atoms with Crippen molar-refractivity contribution in [2.45, 2.75) is 32.0 Å². The largest absolute Gasteiger partial charge is 0.488 e. The van der Waals surface area contributed by atoms with E-state index in [-0.39, 0.29) is 6.10 Å². The molecule has 0 radical (unpaired) electrons. The van der Waals surface area contributed by atoms with Crippen molar-refractivity contribution < 1.29 is 29.6 Å². The number of benzene rings is 2. The molecule has 3 aromatic rings. The van der Waals surface area contributed by atoms with Gasteiger partial charge in [-0.1, -0.05) is 41.9 Å². The average molecular weight is 458 g/mol. The van der Waals surface area contributed by atoms with Crippen LogP contribution in [0.15, 0.2) is 73.1 Å². The number of rotatable bonds is 7. The molecule has 1 heterocycles. The number of pyridine rings is 1. The number of nitrogens with zero attached hydrogens (tertiary/aromatic N) is 1. The molecule has 0 aliphatic rings. The molecule has 168 valence electrons. The van der Waals surface area contributed by atoms with Crippen LogP contribution in [0.2, 0.25) is 5.02 Å². The first kappa shape index (κ1) is 24.8. The number of halogens is 1. The van der Waals surface area contributed by atoms with Crippen LogP contribution in [0.3, 0.4) is 0 Å². The van der Waals surface area contributed by atoms with Gasteiger partial charge in [-0.25, -0.2) is 9.59 Å². The number of aromatic nitrogens is 1. The Morgan fingerprint density at radius 1 is 1.00 bits per heavy atom. The fraction of sp³-hybridized carbons (Fsp3) is 0.208. The van der Waals surface area contributed by atoms with Gasteiger partial charge in [0.2, 0.25) is 0 Å². The summed E-state index contributed by atoms with van der Waals surface area (Å²) in [5.41, 5.74) is 3.25. The molecule has 2 aromatic carbocycles. The molecule has 0 saturated carbocycles. The second-order valence-electron chi connectivity index (χ2n) is 6.94. The van der Waals surface area contributed by atoms with E-state index in [4.69, 9.17) is 36.1 Å². The molecule has 7 nitrogen and oxygen atoms in total. The highest BCUT2D eigenvalue weighted by Crippen LogP contribution is 2.25. The van der Waals surface area contributed by atoms with Crippen molar-refractivity contribution in [1.29, 1.82) is 0 Å². The zero-order chi connectivity index (χ0) is 23.5. The number of aliphatic hydroxyl groups is 1. The number of hydrogen-bond donors (Lipinski definition) is 3. The number of aliphatic hydroxyl groups excluding tert-OH is 1. The molecule has 0 amide bonds. The van der Waals surface area contributed by atoms with E-state index >= 15 is 0 Å². The van der Waals surface area contributed by atoms with Crippen molar-refractivity contribution in [3.8, 4) is 16.9 Å². The van der Waals surface area contributed by atoms with Gasteiger partial charge in [-0.05, 0) is 66.8 Å². The molecule has 3 rings (SSSR count). The smallest absolute Gasteiger partial charge is 0.414 e. The number of carboxylic acids is 2. The Kier molecular flexibility index (Phi) is 9.66. The Bertz CT molecular complexity index is 999. The first-order valence-electron chi connectivity index (χ1n) is 9.82. The van der Waals surface area contributed by atoms with Crippen LogP contribution in [0.25, 0.3) is 11.1 Å². The van der Waals surface area contributed by atoms with Gasteiger partial charge in [-0.2, -0.15) is 0 Å². The number of carboxylic acid groups (broad SMARTS) is 2. The normalized spacial score (nSPS) is 12.1. The Balaban J connectivity index is 0.000000534. The van der Waals surface area contributed by atoms with Crippen LogP contribution in [-0.2, 0) is 16.0 Å². The molecule has 1 aromatic heterocycles. The minimum Gasteiger partial charge on any atom is -0.488 e. The Morgan fingerprint density at radius 3 is 2.25 bits per heavy atom. The standard InChI is InChI=1S/C22H22ClNO2.C2H2O4/c1-16(22(25)12-7-17-4-3-13-24-15-17)26-21-10-8-18(9-11-21)19-5-2-6-20(23)14-19;3-1(4)2(5)6/h2-6,8-11,13-16,22,25H,7,12H2,1H3;(H,3,4)(H,5,6)/t16-,22+;/m0./s1. The van der Waals surface area contributed by atoms with E-state index in [1.807, 2.05) is 73.8 Å². The second kappa shape index (κ2) is 12.4. The van der Waals surface area contributed by atoms with Crippen molar-refractivity contribution in [2.24, 2.45) is 0 Å². The van der Waals surface area contributed by atoms with Gasteiger partial charge in [0.05, 0.1) is 6.10 Å². The van der Waals surface area contributed by atoms with Gasteiger partial charge in [0.1, 0.15) is 11.9 Å². The van der Waals surface area contributed by atoms with Crippen LogP contribution in [-0.4, -0.2) is 44.5 Å². The lowest BCUT2D eigenvalue weighted by atomic mass is 10.0. The van der Waals surface area contributed by atoms with Gasteiger partial charge < -0.3 is 20.1 Å². The van der Waals surface area contributed by atoms with Crippen LogP contribution < -0.4 is 4.74 Å². The minimum atomic E-state index is -1.82. The molecule has 2 atom stereocenters. The van der Waals surface area contributed by atoms with Crippen LogP contribution in [0.1, 0.15) is 18.9 Å². The van der Waals surface area contributed by atoms with Crippen molar-refractivity contribution in [3.63, 3.8) is 0 Å². The number of aryl methyl sites for hydroxylation is 1. The summed E-state index contributed by atoms with van der Waals surface area (Å²) in [7, 11) is 0. The van der Waals surface area contributed by atoms with Gasteiger partial charge in [0.25, 0.3) is 0 Å². The Labute approximate surface area is 190 Å². The zero-order valence-electron chi connectivity index (χ0n) is 17.4. The Hall–Kier alpha value is -3.42. The fourth-order valence-corrected chi connectivity index (χ4v) is 2.97. The van der Waals surface area contributed by atoms with E-state index in [9.17, 15) is 5.11 Å². The van der Waals surface area contributed by atoms with Crippen molar-refractivity contribution in [1.82, 2.24) is 4.98 Å². The third-order valence-corrected chi connectivity index (χ3v) is 4.75. The first-order chi connectivity index (χ1) is 15.3. The summed E-state index contributed by atoms with van der Waals surface area (Å²) in [5, 5.41) is 25.8. The number of carbonyl (C=O) groups is 2. The monoisotopic (exact) mass is 457 g/mol. The first-order valence-corrected chi connectivity index (χ1v) is 10.2. The summed E-state index contributed by atoms with van der Waals surface area (Å²) in [4.78, 5) is 22.3. The molecular formula is C24H24ClNO6. The summed E-state index contributed by atoms with van der Waals surface area (Å²) in [6.07, 6.45) is 4.15. The zero-order valence-corrected chi connectivity index (χ0v) is 18.1. The maximum atomic E-state index is 10.3. The molecule has 8 heteroatoms. The van der Waals surface area contributed by atoms with Crippen LogP contribution in [0, 0.1) is 0 Å². The summed E-state index contributed by atoms with van der Waals surface area (Å²) in [6.45, 7) is 1.89. The maximum Gasteiger partial charge on any atom is 0.414 e. The quantitative estimate of drug-likeness (QED) is 0.452. The van der Waals surface area contributed by atoms with Crippen LogP contribution >= 0.6 is 11.6 Å². The van der Waals surface area contributed by atoms with Gasteiger partial charge in [-0.3, -0.25) is 4.98 Å². The van der Waals surface area contributed by atoms with E-state index in [1.54, 1.807) is 6.20 Å². The highest BCUT2D eigenvalue weighted by Gasteiger charge is 2.16. The second-order valence-corrected chi connectivity index (χ2v) is 7.37. The van der Waals surface area contributed by atoms with E-state index in [0.717, 1.165) is 28.9 Å². The lowest BCUT2D eigenvalue weighted by Gasteiger charge is -2.20. The van der Waals surface area contributed by atoms with Gasteiger partial charge in [-0.15, -0.1) is 0 Å². The molecule has 32 heavy (non-hydrogen) atoms. The summed E-state index contributed by atoms with van der Waals surface area (Å²) < 4.78 is 5.89. The molecule has 0 spiro atoms. The van der Waals surface area contributed by atoms with Gasteiger partial charge in [0.15, 0.2) is 0 Å². The number of aliphatic carboxylic acids is 2. The third kappa shape index (κ3) is 8.37. The highest BCUT2D eigenvalue weighted by atomic mass is 35.5. The lowest BCUT2D eigenvalue weighted by Crippen LogP contribution is -2.29. The van der Waals surface area contributed by atoms with E-state index < -0.39 is 18.0 Å². The molecular weight excluding hydrogens is 434 g/mol. The summed E-state index contributed by atoms with van der Waals surface area (Å²) in [6, 6.07) is 19.5. The van der Waals surface area contributed by atoms with Gasteiger partial charge >= 0.3 is 11.9 Å². The summed E-state index contributed by atoms with van der Waals surface area (Å²) in [5.74, 6) is -2.91. The minimum absolute atomic E-state index is 0.288. The predicted molar refractivity (Wildman–Crippen MR) is 121 cm³/mol. The molecule has 0 fully saturated rings. The predicted octanol–water partition coefficient (Wildman–Crippen LogP) is 4.32. The molecule has 0 saturated heterocycles. The topological polar surface area (TPSA) is 117 Å². The number of ether oxygens (including phenoxy) is 1. The Morgan fingerprint density at radius 2 is 1.69 bits per heavy atom. The molecule has 0 unspecified atom stereocenters. The lowest BCUT2D eigenvalue weighted by molar-refractivity contribution is -0.159. The van der Waals surface area contributed by atoms with E-state index in [2.05, 4.69) is 4.98 Å². The molecule has 0 aliphatic carbocycles. The van der Waals surface area contributed by atoms with Gasteiger partial charge in [0, 0.05) is 17.4 Å². The van der Waals surface area contributed by atoms with Crippen LogP contribution in [0.4, 0.5) is 0 Å². The van der Waals surface area contributed by atoms with Crippen molar-refractivity contribution in [3.05, 3.63) is 83.6 Å². The SMILES string of the molecule is C[C@H](Oc1ccc(-c2cccc(Cl)c2)cc1)[C@H](O)CCc1cccnc1.O=C(O)C(=O)O. The molecule has 0 aliphatic heterocycles. The molecule has 3 N–H and O–H groups in total.